The van der Waals surface area contributed by atoms with E-state index in [0.717, 1.165) is 25.7 Å². The van der Waals surface area contributed by atoms with Gasteiger partial charge < -0.3 is 14.6 Å². The Hall–Kier alpha value is -2.15. The monoisotopic (exact) mass is 403 g/mol. The topological polar surface area (TPSA) is 75.4 Å². The molecule has 25 heavy (non-hydrogen) atoms. The fourth-order valence-electron chi connectivity index (χ4n) is 3.95. The summed E-state index contributed by atoms with van der Waals surface area (Å²) in [5, 5.41) is 3.10. The molecule has 130 valence electrons. The number of pyridine rings is 1. The number of furan rings is 1. The van der Waals surface area contributed by atoms with Gasteiger partial charge in [0.05, 0.1) is 0 Å². The quantitative estimate of drug-likeness (QED) is 0.854. The number of carbonyl (C=O) groups is 2. The van der Waals surface area contributed by atoms with Gasteiger partial charge in [0.15, 0.2) is 10.4 Å². The first-order valence-corrected chi connectivity index (χ1v) is 9.20. The minimum absolute atomic E-state index is 0.0582. The number of hydrogen-bond donors (Lipinski definition) is 1. The summed E-state index contributed by atoms with van der Waals surface area (Å²) in [4.78, 5) is 31.0. The highest BCUT2D eigenvalue weighted by Crippen LogP contribution is 2.37. The van der Waals surface area contributed by atoms with E-state index in [0.29, 0.717) is 16.0 Å². The van der Waals surface area contributed by atoms with Crippen LogP contribution in [0.15, 0.2) is 45.7 Å². The lowest BCUT2D eigenvalue weighted by Crippen LogP contribution is -2.52. The first-order valence-electron chi connectivity index (χ1n) is 8.40. The molecule has 4 rings (SSSR count). The highest BCUT2D eigenvalue weighted by molar-refractivity contribution is 9.10. The van der Waals surface area contributed by atoms with Gasteiger partial charge in [-0.3, -0.25) is 14.6 Å². The van der Waals surface area contributed by atoms with E-state index in [-0.39, 0.29) is 29.9 Å². The van der Waals surface area contributed by atoms with Gasteiger partial charge in [-0.1, -0.05) is 0 Å². The maximum atomic E-state index is 12.7. The van der Waals surface area contributed by atoms with Gasteiger partial charge in [0.25, 0.3) is 11.8 Å². The number of carbonyl (C=O) groups excluding carboxylic acids is 2. The van der Waals surface area contributed by atoms with Crippen molar-refractivity contribution in [3.8, 4) is 0 Å². The van der Waals surface area contributed by atoms with Crippen molar-refractivity contribution in [1.82, 2.24) is 15.2 Å². The van der Waals surface area contributed by atoms with Crippen LogP contribution in [0.25, 0.3) is 0 Å². The van der Waals surface area contributed by atoms with E-state index in [9.17, 15) is 9.59 Å². The van der Waals surface area contributed by atoms with Gasteiger partial charge >= 0.3 is 0 Å². The molecule has 0 aliphatic carbocycles. The average molecular weight is 404 g/mol. The van der Waals surface area contributed by atoms with Crippen molar-refractivity contribution in [3.05, 3.63) is 52.7 Å². The summed E-state index contributed by atoms with van der Waals surface area (Å²) in [7, 11) is 0. The van der Waals surface area contributed by atoms with E-state index < -0.39 is 0 Å². The Morgan fingerprint density at radius 2 is 1.80 bits per heavy atom. The van der Waals surface area contributed by atoms with Crippen LogP contribution in [0.2, 0.25) is 0 Å². The molecule has 2 fully saturated rings. The first kappa shape index (κ1) is 16.3. The van der Waals surface area contributed by atoms with E-state index in [1.807, 2.05) is 4.90 Å². The maximum absolute atomic E-state index is 12.7. The molecule has 0 saturated carbocycles. The van der Waals surface area contributed by atoms with Crippen molar-refractivity contribution in [2.75, 3.05) is 0 Å². The molecule has 2 saturated heterocycles. The normalized spacial score (nSPS) is 25.0. The first-order chi connectivity index (χ1) is 12.1. The molecular weight excluding hydrogens is 386 g/mol. The Kier molecular flexibility index (Phi) is 4.33. The Bertz CT molecular complexity index is 778. The molecular formula is C18H18BrN3O3. The summed E-state index contributed by atoms with van der Waals surface area (Å²) < 4.78 is 5.98. The third-order valence-corrected chi connectivity index (χ3v) is 5.46. The zero-order valence-corrected chi connectivity index (χ0v) is 15.1. The summed E-state index contributed by atoms with van der Waals surface area (Å²) in [6.45, 7) is 0. The third-order valence-electron chi connectivity index (χ3n) is 5.03. The van der Waals surface area contributed by atoms with Crippen LogP contribution in [0, 0.1) is 0 Å². The van der Waals surface area contributed by atoms with E-state index in [4.69, 9.17) is 4.42 Å². The molecule has 2 aromatic rings. The number of fused-ring (bicyclic) bond motifs is 2. The van der Waals surface area contributed by atoms with Crippen molar-refractivity contribution in [2.45, 2.75) is 43.8 Å². The van der Waals surface area contributed by atoms with Crippen LogP contribution in [0.5, 0.6) is 0 Å². The molecule has 2 aliphatic heterocycles. The van der Waals surface area contributed by atoms with E-state index in [1.165, 1.54) is 0 Å². The summed E-state index contributed by atoms with van der Waals surface area (Å²) in [6.07, 6.45) is 6.73. The maximum Gasteiger partial charge on any atom is 0.290 e. The Morgan fingerprint density at radius 3 is 2.40 bits per heavy atom. The lowest BCUT2D eigenvalue weighted by atomic mass is 9.96. The van der Waals surface area contributed by atoms with Crippen LogP contribution < -0.4 is 5.32 Å². The van der Waals surface area contributed by atoms with Crippen molar-refractivity contribution >= 4 is 27.7 Å². The van der Waals surface area contributed by atoms with E-state index in [2.05, 4.69) is 26.2 Å². The predicted molar refractivity (Wildman–Crippen MR) is 94.1 cm³/mol. The van der Waals surface area contributed by atoms with Crippen molar-refractivity contribution in [1.29, 1.82) is 0 Å². The Labute approximate surface area is 153 Å². The Morgan fingerprint density at radius 1 is 1.12 bits per heavy atom. The number of amides is 2. The minimum Gasteiger partial charge on any atom is -0.444 e. The highest BCUT2D eigenvalue weighted by Gasteiger charge is 2.44. The molecule has 1 N–H and O–H groups in total. The second-order valence-electron chi connectivity index (χ2n) is 6.58. The zero-order valence-electron chi connectivity index (χ0n) is 13.5. The number of nitrogens with zero attached hydrogens (tertiary/aromatic N) is 2. The SMILES string of the molecule is O=C(NC1CC2CCC(C1)N2C(=O)c1ccc(Br)o1)c1ccncc1. The van der Waals surface area contributed by atoms with Gasteiger partial charge in [-0.05, 0) is 65.9 Å². The highest BCUT2D eigenvalue weighted by atomic mass is 79.9. The van der Waals surface area contributed by atoms with Crippen LogP contribution in [0.1, 0.15) is 46.6 Å². The second-order valence-corrected chi connectivity index (χ2v) is 7.36. The van der Waals surface area contributed by atoms with Crippen LogP contribution in [0.3, 0.4) is 0 Å². The van der Waals surface area contributed by atoms with Gasteiger partial charge in [-0.2, -0.15) is 0 Å². The summed E-state index contributed by atoms with van der Waals surface area (Å²) in [5.41, 5.74) is 0.612. The predicted octanol–water partition coefficient (Wildman–Crippen LogP) is 3.00. The minimum atomic E-state index is -0.0819. The van der Waals surface area contributed by atoms with Crippen molar-refractivity contribution in [2.24, 2.45) is 0 Å². The fourth-order valence-corrected chi connectivity index (χ4v) is 4.26. The molecule has 2 aliphatic rings. The number of rotatable bonds is 3. The van der Waals surface area contributed by atoms with Crippen LogP contribution in [-0.2, 0) is 0 Å². The van der Waals surface area contributed by atoms with Gasteiger partial charge in [0, 0.05) is 36.1 Å². The molecule has 6 nitrogen and oxygen atoms in total. The van der Waals surface area contributed by atoms with Gasteiger partial charge in [0.1, 0.15) is 0 Å². The summed E-state index contributed by atoms with van der Waals surface area (Å²) in [5.74, 6) is 0.224. The molecule has 2 bridgehead atoms. The number of aromatic nitrogens is 1. The van der Waals surface area contributed by atoms with Crippen LogP contribution in [-0.4, -0.2) is 39.8 Å². The molecule has 0 spiro atoms. The van der Waals surface area contributed by atoms with Crippen LogP contribution >= 0.6 is 15.9 Å². The zero-order chi connectivity index (χ0) is 17.4. The standard InChI is InChI=1S/C18H18BrN3O3/c19-16-4-3-15(25-16)18(24)22-13-1-2-14(22)10-12(9-13)21-17(23)11-5-7-20-8-6-11/h3-8,12-14H,1-2,9-10H2,(H,21,23). The van der Waals surface area contributed by atoms with Crippen LogP contribution in [0.4, 0.5) is 0 Å². The number of nitrogens with one attached hydrogen (secondary N) is 1. The average Bonchev–Trinajstić information content (AvgIpc) is 3.16. The third kappa shape index (κ3) is 3.20. The molecule has 2 amide bonds. The van der Waals surface area contributed by atoms with Gasteiger partial charge in [-0.25, -0.2) is 0 Å². The molecule has 2 unspecified atom stereocenters. The van der Waals surface area contributed by atoms with E-state index >= 15 is 0 Å². The second kappa shape index (κ2) is 6.63. The van der Waals surface area contributed by atoms with Gasteiger partial charge in [-0.15, -0.1) is 0 Å². The fraction of sp³-hybridized carbons (Fsp3) is 0.389. The Balaban J connectivity index is 1.43. The number of halogens is 1. The molecule has 0 radical (unpaired) electrons. The molecule has 7 heteroatoms. The summed E-state index contributed by atoms with van der Waals surface area (Å²) in [6, 6.07) is 7.23. The molecule has 0 aromatic carbocycles. The molecule has 2 atom stereocenters. The largest absolute Gasteiger partial charge is 0.444 e. The van der Waals surface area contributed by atoms with Crippen molar-refractivity contribution < 1.29 is 14.0 Å². The van der Waals surface area contributed by atoms with Crippen molar-refractivity contribution in [3.63, 3.8) is 0 Å². The number of hydrogen-bond acceptors (Lipinski definition) is 4. The number of piperidine rings is 1. The molecule has 2 aromatic heterocycles. The lowest BCUT2D eigenvalue weighted by molar-refractivity contribution is 0.0517. The van der Waals surface area contributed by atoms with E-state index in [1.54, 1.807) is 36.7 Å². The lowest BCUT2D eigenvalue weighted by Gasteiger charge is -2.38. The smallest absolute Gasteiger partial charge is 0.290 e. The molecule has 4 heterocycles. The summed E-state index contributed by atoms with van der Waals surface area (Å²) >= 11 is 3.24. The van der Waals surface area contributed by atoms with Gasteiger partial charge in [0.2, 0.25) is 0 Å².